The van der Waals surface area contributed by atoms with Gasteiger partial charge in [0.25, 0.3) is 0 Å². The van der Waals surface area contributed by atoms with E-state index in [0.717, 1.165) is 90.2 Å². The molecule has 0 spiro atoms. The molecular weight excluding hydrogens is 464 g/mol. The Morgan fingerprint density at radius 1 is 1.11 bits per heavy atom. The summed E-state index contributed by atoms with van der Waals surface area (Å²) in [7, 11) is 0. The van der Waals surface area contributed by atoms with Crippen molar-refractivity contribution < 1.29 is 9.53 Å². The van der Waals surface area contributed by atoms with Crippen LogP contribution in [-0.2, 0) is 9.53 Å². The van der Waals surface area contributed by atoms with E-state index in [0.29, 0.717) is 5.92 Å². The van der Waals surface area contributed by atoms with Gasteiger partial charge < -0.3 is 20.4 Å². The zero-order chi connectivity index (χ0) is 25.2. The lowest BCUT2D eigenvalue weighted by Gasteiger charge is -2.35. The van der Waals surface area contributed by atoms with Crippen molar-refractivity contribution in [1.82, 2.24) is 25.3 Å². The molecule has 0 atom stereocenters. The number of esters is 1. The predicted octanol–water partition coefficient (Wildman–Crippen LogP) is 4.73. The summed E-state index contributed by atoms with van der Waals surface area (Å²) in [6.45, 7) is 4.68. The number of anilines is 1. The molecule has 1 saturated carbocycles. The molecule has 37 heavy (non-hydrogen) atoms. The van der Waals surface area contributed by atoms with E-state index in [9.17, 15) is 4.79 Å². The Morgan fingerprint density at radius 2 is 1.97 bits per heavy atom. The van der Waals surface area contributed by atoms with Crippen LogP contribution in [0.5, 0.6) is 0 Å². The normalized spacial score (nSPS) is 19.9. The van der Waals surface area contributed by atoms with Gasteiger partial charge in [0.1, 0.15) is 6.10 Å². The lowest BCUT2D eigenvalue weighted by molar-refractivity contribution is -0.159. The third-order valence-corrected chi connectivity index (χ3v) is 7.47. The van der Waals surface area contributed by atoms with Gasteiger partial charge in [0.15, 0.2) is 0 Å². The zero-order valence-corrected chi connectivity index (χ0v) is 21.0. The smallest absolute Gasteiger partial charge is 0.309 e. The summed E-state index contributed by atoms with van der Waals surface area (Å²) in [5.41, 5.74) is 6.55. The maximum Gasteiger partial charge on any atom is 0.309 e. The molecule has 1 aliphatic heterocycles. The average molecular weight is 497 g/mol. The molecule has 1 aromatic carbocycles. The van der Waals surface area contributed by atoms with Crippen molar-refractivity contribution in [1.29, 1.82) is 0 Å². The molecule has 0 amide bonds. The van der Waals surface area contributed by atoms with E-state index in [4.69, 9.17) is 4.74 Å². The predicted molar refractivity (Wildman–Crippen MR) is 144 cm³/mol. The number of aryl methyl sites for hydroxylation is 1. The number of fused-ring (bicyclic) bond motifs is 1. The molecule has 6 rings (SSSR count). The molecule has 190 valence electrons. The molecule has 8 nitrogen and oxygen atoms in total. The van der Waals surface area contributed by atoms with Gasteiger partial charge in [-0.3, -0.25) is 14.8 Å². The van der Waals surface area contributed by atoms with Gasteiger partial charge >= 0.3 is 5.97 Å². The third kappa shape index (κ3) is 5.20. The van der Waals surface area contributed by atoms with Crippen molar-refractivity contribution in [3.8, 4) is 22.6 Å². The number of carbonyl (C=O) groups is 1. The fourth-order valence-electron chi connectivity index (χ4n) is 5.30. The standard InChI is InChI=1S/C29H32N6O2/c1-18-3-2-4-26(35-18)28-27(33-17-34-28)20-5-6-25-21(13-20)14-23(16-32-25)31-15-19-11-22(12-19)29(36)37-24-7-9-30-10-8-24/h2-6,13-14,16-17,19,22,24,30-31H,7-12,15H2,1H3,(H,33,34)/t19-,22+. The number of rotatable bonds is 7. The number of nitrogens with one attached hydrogen (secondary N) is 3. The summed E-state index contributed by atoms with van der Waals surface area (Å²) in [5.74, 6) is 0.507. The van der Waals surface area contributed by atoms with Crippen molar-refractivity contribution in [2.75, 3.05) is 25.0 Å². The zero-order valence-electron chi connectivity index (χ0n) is 21.0. The number of benzene rings is 1. The molecule has 2 aliphatic rings. The maximum absolute atomic E-state index is 12.4. The first-order chi connectivity index (χ1) is 18.1. The van der Waals surface area contributed by atoms with Crippen molar-refractivity contribution in [3.63, 3.8) is 0 Å². The van der Waals surface area contributed by atoms with E-state index in [1.807, 2.05) is 37.4 Å². The van der Waals surface area contributed by atoms with Crippen LogP contribution in [0.3, 0.4) is 0 Å². The molecule has 1 aliphatic carbocycles. The maximum atomic E-state index is 12.4. The summed E-state index contributed by atoms with van der Waals surface area (Å²) >= 11 is 0. The summed E-state index contributed by atoms with van der Waals surface area (Å²) in [6, 6.07) is 14.3. The molecule has 3 aromatic heterocycles. The van der Waals surface area contributed by atoms with Gasteiger partial charge in [0, 0.05) is 23.2 Å². The van der Waals surface area contributed by atoms with Crippen LogP contribution in [0.2, 0.25) is 0 Å². The fraction of sp³-hybridized carbons (Fsp3) is 0.379. The first kappa shape index (κ1) is 23.6. The van der Waals surface area contributed by atoms with Crippen molar-refractivity contribution >= 4 is 22.6 Å². The minimum Gasteiger partial charge on any atom is -0.462 e. The van der Waals surface area contributed by atoms with E-state index < -0.39 is 0 Å². The van der Waals surface area contributed by atoms with E-state index in [-0.39, 0.29) is 18.0 Å². The molecule has 2 fully saturated rings. The second-order valence-electron chi connectivity index (χ2n) is 10.2. The number of H-pyrrole nitrogens is 1. The number of aromatic amines is 1. The number of hydrogen-bond acceptors (Lipinski definition) is 7. The van der Waals surface area contributed by atoms with E-state index >= 15 is 0 Å². The highest BCUT2D eigenvalue weighted by Crippen LogP contribution is 2.36. The molecule has 8 heteroatoms. The van der Waals surface area contributed by atoms with E-state index in [1.54, 1.807) is 6.33 Å². The molecule has 0 bridgehead atoms. The highest BCUT2D eigenvalue weighted by Gasteiger charge is 2.36. The second kappa shape index (κ2) is 10.3. The number of ether oxygens (including phenoxy) is 1. The first-order valence-electron chi connectivity index (χ1n) is 13.1. The number of hydrogen-bond donors (Lipinski definition) is 3. The van der Waals surface area contributed by atoms with Crippen molar-refractivity contribution in [3.05, 3.63) is 60.7 Å². The molecule has 1 saturated heterocycles. The van der Waals surface area contributed by atoms with Crippen molar-refractivity contribution in [2.45, 2.75) is 38.7 Å². The van der Waals surface area contributed by atoms with Crippen LogP contribution in [0.25, 0.3) is 33.5 Å². The second-order valence-corrected chi connectivity index (χ2v) is 10.2. The van der Waals surface area contributed by atoms with Crippen LogP contribution in [0.15, 0.2) is 55.0 Å². The van der Waals surface area contributed by atoms with Crippen LogP contribution in [0.4, 0.5) is 5.69 Å². The SMILES string of the molecule is Cc1cccc(-c2[nH]cnc2-c2ccc3ncc(NC[C@H]4C[C@@H](C(=O)OC5CCNCC5)C4)cc3c2)n1. The Hall–Kier alpha value is -3.78. The third-order valence-electron chi connectivity index (χ3n) is 7.47. The molecule has 0 radical (unpaired) electrons. The summed E-state index contributed by atoms with van der Waals surface area (Å²) < 4.78 is 5.72. The monoisotopic (exact) mass is 496 g/mol. The van der Waals surface area contributed by atoms with Gasteiger partial charge in [-0.25, -0.2) is 4.98 Å². The Morgan fingerprint density at radius 3 is 2.81 bits per heavy atom. The largest absolute Gasteiger partial charge is 0.462 e. The van der Waals surface area contributed by atoms with E-state index in [1.165, 1.54) is 0 Å². The number of nitrogens with zero attached hydrogens (tertiary/aromatic N) is 3. The Kier molecular flexibility index (Phi) is 6.57. The number of imidazole rings is 1. The van der Waals surface area contributed by atoms with Crippen LogP contribution in [-0.4, -0.2) is 51.6 Å². The minimum absolute atomic E-state index is 0.0124. The molecular formula is C29H32N6O2. The molecule has 4 aromatic rings. The number of aromatic nitrogens is 4. The Bertz CT molecular complexity index is 1400. The summed E-state index contributed by atoms with van der Waals surface area (Å²) in [4.78, 5) is 29.6. The van der Waals surface area contributed by atoms with Crippen LogP contribution < -0.4 is 10.6 Å². The highest BCUT2D eigenvalue weighted by molar-refractivity contribution is 5.88. The highest BCUT2D eigenvalue weighted by atomic mass is 16.5. The molecule has 3 N–H and O–H groups in total. The van der Waals surface area contributed by atoms with Crippen LogP contribution in [0.1, 0.15) is 31.4 Å². The van der Waals surface area contributed by atoms with E-state index in [2.05, 4.69) is 48.8 Å². The lowest BCUT2D eigenvalue weighted by atomic mass is 9.75. The molecule has 4 heterocycles. The van der Waals surface area contributed by atoms with Crippen molar-refractivity contribution in [2.24, 2.45) is 11.8 Å². The Balaban J connectivity index is 1.09. The number of pyridine rings is 2. The van der Waals surface area contributed by atoms with Gasteiger partial charge in [-0.1, -0.05) is 12.1 Å². The Labute approximate surface area is 216 Å². The molecule has 0 unspecified atom stereocenters. The fourth-order valence-corrected chi connectivity index (χ4v) is 5.30. The van der Waals surface area contributed by atoms with Gasteiger partial charge in [-0.15, -0.1) is 0 Å². The average Bonchev–Trinajstić information content (AvgIpc) is 3.38. The van der Waals surface area contributed by atoms with Crippen LogP contribution >= 0.6 is 0 Å². The number of carbonyl (C=O) groups excluding carboxylic acids is 1. The first-order valence-corrected chi connectivity index (χ1v) is 13.1. The number of piperidine rings is 1. The van der Waals surface area contributed by atoms with Gasteiger partial charge in [0.05, 0.1) is 46.7 Å². The minimum atomic E-state index is -0.0124. The van der Waals surface area contributed by atoms with Gasteiger partial charge in [-0.05, 0) is 81.9 Å². The van der Waals surface area contributed by atoms with Gasteiger partial charge in [-0.2, -0.15) is 0 Å². The topological polar surface area (TPSA) is 105 Å². The summed E-state index contributed by atoms with van der Waals surface area (Å²) in [5, 5.41) is 7.87. The van der Waals surface area contributed by atoms with Crippen LogP contribution in [0, 0.1) is 18.8 Å². The lowest BCUT2D eigenvalue weighted by Crippen LogP contribution is -2.39. The quantitative estimate of drug-likeness (QED) is 0.318. The van der Waals surface area contributed by atoms with Gasteiger partial charge in [0.2, 0.25) is 0 Å². The summed E-state index contributed by atoms with van der Waals surface area (Å²) in [6.07, 6.45) is 7.29.